The monoisotopic (exact) mass is 366 g/mol. The summed E-state index contributed by atoms with van der Waals surface area (Å²) in [4.78, 5) is 0. The molecule has 0 saturated carbocycles. The minimum absolute atomic E-state index is 0.209. The number of hydrogen-bond donors (Lipinski definition) is 1. The molecule has 2 unspecified atom stereocenters. The fourth-order valence-corrected chi connectivity index (χ4v) is 2.79. The molecule has 2 aromatic rings. The van der Waals surface area contributed by atoms with Gasteiger partial charge in [0.15, 0.2) is 0 Å². The van der Waals surface area contributed by atoms with Crippen molar-refractivity contribution in [3.05, 3.63) is 69.3 Å². The van der Waals surface area contributed by atoms with Gasteiger partial charge in [-0.2, -0.15) is 0 Å². The van der Waals surface area contributed by atoms with Crippen LogP contribution in [0.25, 0.3) is 0 Å². The van der Waals surface area contributed by atoms with Gasteiger partial charge in [-0.15, -0.1) is 0 Å². The van der Waals surface area contributed by atoms with Crippen LogP contribution in [-0.4, -0.2) is 11.2 Å². The van der Waals surface area contributed by atoms with Crippen LogP contribution in [-0.2, 0) is 6.42 Å². The van der Waals surface area contributed by atoms with E-state index >= 15 is 0 Å². The first-order chi connectivity index (χ1) is 9.20. The average molecular weight is 366 g/mol. The molecule has 100 valence electrons. The third kappa shape index (κ3) is 4.05. The summed E-state index contributed by atoms with van der Waals surface area (Å²) in [7, 11) is 0. The van der Waals surface area contributed by atoms with Gasteiger partial charge in [0.2, 0.25) is 0 Å². The number of hydrogen-bond acceptors (Lipinski definition) is 1. The van der Waals surface area contributed by atoms with Crippen LogP contribution in [0.2, 0.25) is 0 Å². The SMILES string of the molecule is CCC(c1ccccc1)C(O)Cc1ccc(I)cc1. The molecule has 1 N–H and O–H groups in total. The lowest BCUT2D eigenvalue weighted by molar-refractivity contribution is 0.141. The highest BCUT2D eigenvalue weighted by molar-refractivity contribution is 14.1. The molecule has 0 aliphatic carbocycles. The molecule has 2 heteroatoms. The van der Waals surface area contributed by atoms with E-state index in [9.17, 15) is 5.11 Å². The number of benzene rings is 2. The Morgan fingerprint density at radius 3 is 2.21 bits per heavy atom. The Morgan fingerprint density at radius 2 is 1.63 bits per heavy atom. The summed E-state index contributed by atoms with van der Waals surface area (Å²) in [6.07, 6.45) is 1.34. The fraction of sp³-hybridized carbons (Fsp3) is 0.294. The number of aliphatic hydroxyl groups is 1. The van der Waals surface area contributed by atoms with Crippen molar-refractivity contribution in [2.24, 2.45) is 0 Å². The lowest BCUT2D eigenvalue weighted by atomic mass is 9.88. The maximum atomic E-state index is 10.5. The summed E-state index contributed by atoms with van der Waals surface area (Å²) in [5, 5.41) is 10.5. The summed E-state index contributed by atoms with van der Waals surface area (Å²) in [6, 6.07) is 18.7. The summed E-state index contributed by atoms with van der Waals surface area (Å²) in [5.74, 6) is 0.209. The second-order valence-electron chi connectivity index (χ2n) is 4.82. The van der Waals surface area contributed by atoms with E-state index in [4.69, 9.17) is 0 Å². The Hall–Kier alpha value is -0.870. The normalized spacial score (nSPS) is 14.1. The molecule has 0 aromatic heterocycles. The molecular formula is C17H19IO. The van der Waals surface area contributed by atoms with Crippen LogP contribution < -0.4 is 0 Å². The summed E-state index contributed by atoms with van der Waals surface area (Å²) >= 11 is 2.30. The number of rotatable bonds is 5. The van der Waals surface area contributed by atoms with Gasteiger partial charge in [0.25, 0.3) is 0 Å². The highest BCUT2D eigenvalue weighted by atomic mass is 127. The van der Waals surface area contributed by atoms with Crippen molar-refractivity contribution in [1.82, 2.24) is 0 Å². The largest absolute Gasteiger partial charge is 0.392 e. The van der Waals surface area contributed by atoms with Crippen LogP contribution in [0.4, 0.5) is 0 Å². The Morgan fingerprint density at radius 1 is 1.00 bits per heavy atom. The van der Waals surface area contributed by atoms with Gasteiger partial charge < -0.3 is 5.11 Å². The van der Waals surface area contributed by atoms with E-state index < -0.39 is 0 Å². The van der Waals surface area contributed by atoms with Crippen molar-refractivity contribution < 1.29 is 5.11 Å². The molecule has 0 fully saturated rings. The summed E-state index contributed by atoms with van der Waals surface area (Å²) < 4.78 is 1.23. The predicted octanol–water partition coefficient (Wildman–Crippen LogP) is 4.39. The maximum absolute atomic E-state index is 10.5. The number of aliphatic hydroxyl groups excluding tert-OH is 1. The second-order valence-corrected chi connectivity index (χ2v) is 6.07. The molecule has 2 atom stereocenters. The molecule has 0 aliphatic rings. The Balaban J connectivity index is 2.09. The van der Waals surface area contributed by atoms with Gasteiger partial charge >= 0.3 is 0 Å². The van der Waals surface area contributed by atoms with Gasteiger partial charge in [-0.3, -0.25) is 0 Å². The molecule has 0 bridgehead atoms. The van der Waals surface area contributed by atoms with Crippen LogP contribution in [0, 0.1) is 3.57 Å². The molecule has 0 heterocycles. The van der Waals surface area contributed by atoms with Crippen molar-refractivity contribution >= 4 is 22.6 Å². The Labute approximate surface area is 128 Å². The highest BCUT2D eigenvalue weighted by Crippen LogP contribution is 2.25. The first-order valence-electron chi connectivity index (χ1n) is 6.68. The molecule has 0 radical (unpaired) electrons. The van der Waals surface area contributed by atoms with Gasteiger partial charge in [0, 0.05) is 9.49 Å². The van der Waals surface area contributed by atoms with Gasteiger partial charge in [0.05, 0.1) is 6.10 Å². The van der Waals surface area contributed by atoms with Crippen LogP contribution >= 0.6 is 22.6 Å². The zero-order valence-electron chi connectivity index (χ0n) is 11.1. The standard InChI is InChI=1S/C17H19IO/c1-2-16(14-6-4-3-5-7-14)17(19)12-13-8-10-15(18)11-9-13/h3-11,16-17,19H,2,12H2,1H3. The Kier molecular flexibility index (Phi) is 5.40. The lowest BCUT2D eigenvalue weighted by Crippen LogP contribution is -2.20. The third-order valence-electron chi connectivity index (χ3n) is 3.49. The molecule has 0 amide bonds. The minimum atomic E-state index is -0.326. The van der Waals surface area contributed by atoms with Crippen molar-refractivity contribution in [1.29, 1.82) is 0 Å². The molecule has 0 aliphatic heterocycles. The van der Waals surface area contributed by atoms with E-state index in [1.54, 1.807) is 0 Å². The first kappa shape index (κ1) is 14.5. The quantitative estimate of drug-likeness (QED) is 0.779. The van der Waals surface area contributed by atoms with Gasteiger partial charge in [-0.05, 0) is 58.7 Å². The van der Waals surface area contributed by atoms with Crippen LogP contribution in [0.3, 0.4) is 0 Å². The smallest absolute Gasteiger partial charge is 0.0648 e. The van der Waals surface area contributed by atoms with Crippen LogP contribution in [0.15, 0.2) is 54.6 Å². The average Bonchev–Trinajstić information content (AvgIpc) is 2.43. The van der Waals surface area contributed by atoms with E-state index in [1.807, 2.05) is 18.2 Å². The van der Waals surface area contributed by atoms with Gasteiger partial charge in [0.1, 0.15) is 0 Å². The molecule has 2 aromatic carbocycles. The number of halogens is 1. The molecule has 2 rings (SSSR count). The van der Waals surface area contributed by atoms with Crippen LogP contribution in [0.5, 0.6) is 0 Å². The van der Waals surface area contributed by atoms with Crippen LogP contribution in [0.1, 0.15) is 30.4 Å². The maximum Gasteiger partial charge on any atom is 0.0648 e. The van der Waals surface area contributed by atoms with Gasteiger partial charge in [-0.1, -0.05) is 49.4 Å². The topological polar surface area (TPSA) is 20.2 Å². The van der Waals surface area contributed by atoms with E-state index in [2.05, 4.69) is 65.9 Å². The molecule has 0 spiro atoms. The predicted molar refractivity (Wildman–Crippen MR) is 88.3 cm³/mol. The summed E-state index contributed by atoms with van der Waals surface area (Å²) in [5.41, 5.74) is 2.42. The molecule has 1 nitrogen and oxygen atoms in total. The van der Waals surface area contributed by atoms with E-state index in [0.29, 0.717) is 6.42 Å². The van der Waals surface area contributed by atoms with E-state index in [-0.39, 0.29) is 12.0 Å². The van der Waals surface area contributed by atoms with Crippen molar-refractivity contribution in [2.45, 2.75) is 31.8 Å². The lowest BCUT2D eigenvalue weighted by Gasteiger charge is -2.22. The Bertz CT molecular complexity index is 492. The van der Waals surface area contributed by atoms with Crippen molar-refractivity contribution in [3.8, 4) is 0 Å². The minimum Gasteiger partial charge on any atom is -0.392 e. The highest BCUT2D eigenvalue weighted by Gasteiger charge is 2.19. The fourth-order valence-electron chi connectivity index (χ4n) is 2.43. The zero-order valence-corrected chi connectivity index (χ0v) is 13.2. The third-order valence-corrected chi connectivity index (χ3v) is 4.21. The molecular weight excluding hydrogens is 347 g/mol. The van der Waals surface area contributed by atoms with E-state index in [0.717, 1.165) is 6.42 Å². The first-order valence-corrected chi connectivity index (χ1v) is 7.76. The zero-order chi connectivity index (χ0) is 13.7. The summed E-state index contributed by atoms with van der Waals surface area (Å²) in [6.45, 7) is 2.13. The van der Waals surface area contributed by atoms with Crippen molar-refractivity contribution in [3.63, 3.8) is 0 Å². The molecule has 19 heavy (non-hydrogen) atoms. The van der Waals surface area contributed by atoms with E-state index in [1.165, 1.54) is 14.7 Å². The molecule has 0 saturated heterocycles. The van der Waals surface area contributed by atoms with Gasteiger partial charge in [-0.25, -0.2) is 0 Å². The van der Waals surface area contributed by atoms with Crippen molar-refractivity contribution in [2.75, 3.05) is 0 Å². The second kappa shape index (κ2) is 7.06.